The minimum absolute atomic E-state index is 0.00327. The minimum Gasteiger partial charge on any atom is -0.510 e. The lowest BCUT2D eigenvalue weighted by molar-refractivity contribution is -0.126. The van der Waals surface area contributed by atoms with Gasteiger partial charge in [-0.1, -0.05) is 41.0 Å². The summed E-state index contributed by atoms with van der Waals surface area (Å²) >= 11 is 7.00. The van der Waals surface area contributed by atoms with Crippen molar-refractivity contribution in [2.75, 3.05) is 27.7 Å². The molecule has 3 unspecified atom stereocenters. The van der Waals surface area contributed by atoms with Crippen LogP contribution in [0.5, 0.6) is 5.75 Å². The van der Waals surface area contributed by atoms with Crippen LogP contribution in [0.4, 0.5) is 0 Å². The normalized spacial score (nSPS) is 34.0. The molecule has 0 radical (unpaired) electrons. The number of hydrogen-bond donors (Lipinski definition) is 4. The predicted octanol–water partition coefficient (Wildman–Crippen LogP) is 3.67. The molecule has 1 aromatic carbocycles. The van der Waals surface area contributed by atoms with Crippen LogP contribution in [0.2, 0.25) is 5.02 Å². The molecule has 1 saturated carbocycles. The van der Waals surface area contributed by atoms with E-state index >= 15 is 0 Å². The topological polar surface area (TPSA) is 138 Å². The molecule has 3 fully saturated rings. The summed E-state index contributed by atoms with van der Waals surface area (Å²) in [6.07, 6.45) is 1.97. The Kier molecular flexibility index (Phi) is 6.65. The SMILES string of the molecule is COc1cc(CNCCC(C)(C)C)c(Cl)c2c1C(O)=C1C(=O)[C@]34PC5OC53C(C(N)=O)=C(O)[C@@H](N(C)C)[C@@H]4C[C@@H]1C2. The van der Waals surface area contributed by atoms with E-state index in [1.165, 1.54) is 0 Å². The number of rotatable bonds is 7. The molecule has 2 saturated heterocycles. The first-order valence-electron chi connectivity index (χ1n) is 14.1. The smallest absolute Gasteiger partial charge is 0.251 e. The van der Waals surface area contributed by atoms with E-state index < -0.39 is 22.7 Å². The quantitative estimate of drug-likeness (QED) is 0.210. The van der Waals surface area contributed by atoms with Gasteiger partial charge in [0.2, 0.25) is 0 Å². The van der Waals surface area contributed by atoms with Crippen molar-refractivity contribution in [2.24, 2.45) is 23.0 Å². The number of likely N-dealkylation sites (N-methyl/N-ethyl adjacent to an activating group) is 1. The summed E-state index contributed by atoms with van der Waals surface area (Å²) in [7, 11) is 5.29. The summed E-state index contributed by atoms with van der Waals surface area (Å²) in [5, 5.41) is 26.1. The first kappa shape index (κ1) is 28.9. The van der Waals surface area contributed by atoms with Crippen LogP contribution in [-0.4, -0.2) is 77.2 Å². The maximum Gasteiger partial charge on any atom is 0.251 e. The molecule has 0 aromatic heterocycles. The second-order valence-corrected chi connectivity index (χ2v) is 15.4. The molecule has 6 rings (SSSR count). The largest absolute Gasteiger partial charge is 0.510 e. The van der Waals surface area contributed by atoms with Gasteiger partial charge in [0.05, 0.1) is 29.4 Å². The number of amides is 1. The molecule has 1 amide bonds. The lowest BCUT2D eigenvalue weighted by Crippen LogP contribution is -2.72. The number of nitrogens with two attached hydrogens (primary N) is 1. The van der Waals surface area contributed by atoms with Crippen LogP contribution in [-0.2, 0) is 27.3 Å². The van der Waals surface area contributed by atoms with Gasteiger partial charge in [-0.2, -0.15) is 0 Å². The van der Waals surface area contributed by atoms with Gasteiger partial charge in [0.15, 0.2) is 5.78 Å². The van der Waals surface area contributed by atoms with Crippen molar-refractivity contribution in [3.8, 4) is 5.75 Å². The predicted molar refractivity (Wildman–Crippen MR) is 159 cm³/mol. The number of fused-ring (bicyclic) bond motifs is 2. The highest BCUT2D eigenvalue weighted by Gasteiger charge is 2.89. The number of carbonyl (C=O) groups is 2. The van der Waals surface area contributed by atoms with Crippen LogP contribution in [0.25, 0.3) is 5.76 Å². The number of ether oxygens (including phenoxy) is 2. The first-order chi connectivity index (χ1) is 19.2. The van der Waals surface area contributed by atoms with E-state index in [0.29, 0.717) is 41.3 Å². The Hall–Kier alpha value is -2.16. The lowest BCUT2D eigenvalue weighted by Gasteiger charge is -2.59. The fourth-order valence-electron chi connectivity index (χ4n) is 7.84. The lowest BCUT2D eigenvalue weighted by atomic mass is 9.55. The number of aliphatic hydroxyl groups excluding tert-OH is 2. The molecule has 2 heterocycles. The number of ketones is 1. The van der Waals surface area contributed by atoms with E-state index in [1.54, 1.807) is 7.11 Å². The molecule has 9 nitrogen and oxygen atoms in total. The maximum absolute atomic E-state index is 14.6. The van der Waals surface area contributed by atoms with Crippen molar-refractivity contribution in [1.82, 2.24) is 10.2 Å². The van der Waals surface area contributed by atoms with Crippen LogP contribution < -0.4 is 15.8 Å². The van der Waals surface area contributed by atoms with Gasteiger partial charge in [0.1, 0.15) is 28.7 Å². The zero-order chi connectivity index (χ0) is 29.8. The minimum atomic E-state index is -1.22. The van der Waals surface area contributed by atoms with Gasteiger partial charge in [0.25, 0.3) is 5.91 Å². The van der Waals surface area contributed by atoms with E-state index in [0.717, 1.165) is 24.1 Å². The molecule has 1 aromatic rings. The summed E-state index contributed by atoms with van der Waals surface area (Å²) in [6.45, 7) is 7.97. The summed E-state index contributed by atoms with van der Waals surface area (Å²) in [5.74, 6) is -1.74. The van der Waals surface area contributed by atoms with E-state index in [4.69, 9.17) is 26.8 Å². The van der Waals surface area contributed by atoms with Crippen molar-refractivity contribution in [3.05, 3.63) is 44.7 Å². The highest BCUT2D eigenvalue weighted by molar-refractivity contribution is 7.46. The number of methoxy groups -OCH3 is 1. The van der Waals surface area contributed by atoms with Crippen molar-refractivity contribution < 1.29 is 29.3 Å². The second-order valence-electron chi connectivity index (χ2n) is 13.4. The first-order valence-corrected chi connectivity index (χ1v) is 15.6. The highest BCUT2D eigenvalue weighted by atomic mass is 35.5. The number of aliphatic hydroxyl groups is 2. The fraction of sp³-hybridized carbons (Fsp3) is 0.600. The number of nitrogens with one attached hydrogen (secondary N) is 1. The summed E-state index contributed by atoms with van der Waals surface area (Å²) in [5.41, 5.74) is 7.18. The maximum atomic E-state index is 14.6. The van der Waals surface area contributed by atoms with Crippen LogP contribution in [0.3, 0.4) is 0 Å². The molecule has 5 N–H and O–H groups in total. The Morgan fingerprint density at radius 3 is 2.61 bits per heavy atom. The molecule has 3 aliphatic carbocycles. The number of epoxide rings is 1. The van der Waals surface area contributed by atoms with Gasteiger partial charge < -0.3 is 30.7 Å². The molecule has 0 bridgehead atoms. The van der Waals surface area contributed by atoms with E-state index in [9.17, 15) is 19.8 Å². The van der Waals surface area contributed by atoms with Crippen molar-refractivity contribution in [2.45, 2.75) is 69.2 Å². The fourth-order valence-corrected chi connectivity index (χ4v) is 10.4. The number of allylic oxidation sites excluding steroid dienone is 1. The average Bonchev–Trinajstić information content (AvgIpc) is 3.45. The molecule has 2 aliphatic heterocycles. The van der Waals surface area contributed by atoms with Gasteiger partial charge >= 0.3 is 0 Å². The molecule has 7 atom stereocenters. The number of carbonyl (C=O) groups excluding carboxylic acids is 2. The van der Waals surface area contributed by atoms with Gasteiger partial charge in [-0.25, -0.2) is 0 Å². The molecule has 5 aliphatic rings. The molecular weight excluding hydrogens is 565 g/mol. The molecule has 11 heteroatoms. The van der Waals surface area contributed by atoms with Crippen LogP contribution >= 0.6 is 20.2 Å². The average molecular weight is 604 g/mol. The van der Waals surface area contributed by atoms with Gasteiger partial charge in [-0.3, -0.25) is 14.5 Å². The van der Waals surface area contributed by atoms with Crippen molar-refractivity contribution in [3.63, 3.8) is 0 Å². The summed E-state index contributed by atoms with van der Waals surface area (Å²) < 4.78 is 11.8. The van der Waals surface area contributed by atoms with Crippen molar-refractivity contribution >= 4 is 37.6 Å². The molecule has 222 valence electrons. The highest BCUT2D eigenvalue weighted by Crippen LogP contribution is 2.82. The van der Waals surface area contributed by atoms with Crippen LogP contribution in [0, 0.1) is 17.3 Å². The van der Waals surface area contributed by atoms with Crippen LogP contribution in [0.15, 0.2) is 23.0 Å². The molecule has 41 heavy (non-hydrogen) atoms. The van der Waals surface area contributed by atoms with E-state index in [1.807, 2.05) is 25.1 Å². The Balaban J connectivity index is 1.43. The van der Waals surface area contributed by atoms with E-state index in [-0.39, 0.29) is 54.6 Å². The number of halogens is 1. The molecular formula is C30H39ClN3O6P. The summed E-state index contributed by atoms with van der Waals surface area (Å²) in [6, 6.07) is 1.25. The zero-order valence-corrected chi connectivity index (χ0v) is 26.1. The zero-order valence-electron chi connectivity index (χ0n) is 24.4. The Labute approximate surface area is 247 Å². The number of Topliss-reactive ketones (excluding diaryl/α,β-unsaturated/α-hetero) is 1. The number of benzene rings is 1. The van der Waals surface area contributed by atoms with Gasteiger partial charge in [0, 0.05) is 23.1 Å². The Morgan fingerprint density at radius 1 is 1.34 bits per heavy atom. The van der Waals surface area contributed by atoms with Gasteiger partial charge in [-0.15, -0.1) is 0 Å². The Morgan fingerprint density at radius 2 is 2.05 bits per heavy atom. The number of nitrogens with zero attached hydrogens (tertiary/aromatic N) is 1. The number of primary amides is 1. The third-order valence-electron chi connectivity index (χ3n) is 9.69. The third kappa shape index (κ3) is 3.82. The Bertz CT molecular complexity index is 1430. The number of hydrogen-bond acceptors (Lipinski definition) is 8. The standard InChI is InChI=1S/C30H39ClN3O6P/c1-28(2,3)7-8-33-12-14-11-17(39-6)19-15(21(14)31)9-13-10-16-22(34(4)5)24(36)20(26(32)38)29-27(40-29)41-30(16,29)25(37)18(13)23(19)35/h11,13,16,22,27,33,35-36,41H,7-10,12H2,1-6H3,(H2,32,38)/t13-,16-,22-,27?,29?,30-/m0/s1. The molecule has 2 spiro atoms. The third-order valence-corrected chi connectivity index (χ3v) is 12.4. The second kappa shape index (κ2) is 9.42. The summed E-state index contributed by atoms with van der Waals surface area (Å²) in [4.78, 5) is 29.1. The van der Waals surface area contributed by atoms with Gasteiger partial charge in [-0.05, 0) is 68.4 Å². The monoisotopic (exact) mass is 603 g/mol. The van der Waals surface area contributed by atoms with Crippen LogP contribution in [0.1, 0.15) is 50.3 Å². The van der Waals surface area contributed by atoms with E-state index in [2.05, 4.69) is 26.1 Å². The van der Waals surface area contributed by atoms with Crippen molar-refractivity contribution in [1.29, 1.82) is 0 Å².